The van der Waals surface area contributed by atoms with Crippen LogP contribution in [0.25, 0.3) is 0 Å². The third-order valence-corrected chi connectivity index (χ3v) is 6.29. The van der Waals surface area contributed by atoms with Crippen molar-refractivity contribution in [2.45, 2.75) is 64.0 Å². The van der Waals surface area contributed by atoms with Crippen molar-refractivity contribution in [3.63, 3.8) is 0 Å². The van der Waals surface area contributed by atoms with Gasteiger partial charge in [-0.25, -0.2) is 0 Å². The fourth-order valence-corrected chi connectivity index (χ4v) is 4.77. The van der Waals surface area contributed by atoms with Crippen LogP contribution in [0.5, 0.6) is 0 Å². The summed E-state index contributed by atoms with van der Waals surface area (Å²) in [5, 5.41) is 2.93. The Morgan fingerprint density at radius 1 is 1.11 bits per heavy atom. The van der Waals surface area contributed by atoms with Gasteiger partial charge in [-0.05, 0) is 37.3 Å². The average molecular weight is 383 g/mol. The molecule has 2 heterocycles. The Bertz CT molecular complexity index is 770. The minimum Gasteiger partial charge on any atom is -0.352 e. The van der Waals surface area contributed by atoms with E-state index in [1.807, 2.05) is 21.9 Å². The zero-order valence-electron chi connectivity index (χ0n) is 16.4. The SMILES string of the molecule is O=C(NCCCN1CCCC1=O)c1cccc2c1C(=O)N(C1CCCCC1)C2. The summed E-state index contributed by atoms with van der Waals surface area (Å²) in [6.07, 6.45) is 8.04. The fourth-order valence-electron chi connectivity index (χ4n) is 4.77. The Hall–Kier alpha value is -2.37. The molecule has 1 aromatic carbocycles. The zero-order valence-corrected chi connectivity index (χ0v) is 16.4. The zero-order chi connectivity index (χ0) is 19.5. The first-order chi connectivity index (χ1) is 13.6. The van der Waals surface area contributed by atoms with E-state index in [2.05, 4.69) is 5.32 Å². The standard InChI is InChI=1S/C22H29N3O3/c26-19-11-5-13-24(19)14-6-12-23-21(27)18-10-4-7-16-15-25(22(28)20(16)18)17-8-2-1-3-9-17/h4,7,10,17H,1-3,5-6,8-9,11-15H2,(H,23,27). The summed E-state index contributed by atoms with van der Waals surface area (Å²) < 4.78 is 0. The van der Waals surface area contributed by atoms with Crippen molar-refractivity contribution in [2.24, 2.45) is 0 Å². The van der Waals surface area contributed by atoms with Crippen molar-refractivity contribution >= 4 is 17.7 Å². The highest BCUT2D eigenvalue weighted by molar-refractivity contribution is 6.09. The first kappa shape index (κ1) is 19.0. The third-order valence-electron chi connectivity index (χ3n) is 6.29. The molecule has 0 bridgehead atoms. The van der Waals surface area contributed by atoms with Crippen molar-refractivity contribution in [3.05, 3.63) is 34.9 Å². The number of carbonyl (C=O) groups is 3. The molecule has 2 fully saturated rings. The van der Waals surface area contributed by atoms with E-state index in [0.717, 1.165) is 37.8 Å². The van der Waals surface area contributed by atoms with Crippen LogP contribution in [0, 0.1) is 0 Å². The van der Waals surface area contributed by atoms with Crippen molar-refractivity contribution in [1.82, 2.24) is 15.1 Å². The Kier molecular flexibility index (Phi) is 5.64. The lowest BCUT2D eigenvalue weighted by Gasteiger charge is -2.30. The summed E-state index contributed by atoms with van der Waals surface area (Å²) in [5.74, 6) is 0.0272. The summed E-state index contributed by atoms with van der Waals surface area (Å²) in [6.45, 7) is 2.63. The van der Waals surface area contributed by atoms with Crippen LogP contribution in [-0.4, -0.2) is 53.2 Å². The number of fused-ring (bicyclic) bond motifs is 1. The quantitative estimate of drug-likeness (QED) is 0.768. The molecule has 3 aliphatic rings. The fraction of sp³-hybridized carbons (Fsp3) is 0.591. The molecule has 28 heavy (non-hydrogen) atoms. The number of likely N-dealkylation sites (tertiary alicyclic amines) is 1. The number of hydrogen-bond donors (Lipinski definition) is 1. The molecule has 2 aliphatic heterocycles. The minimum absolute atomic E-state index is 0.00955. The lowest BCUT2D eigenvalue weighted by Crippen LogP contribution is -2.37. The molecule has 150 valence electrons. The second-order valence-corrected chi connectivity index (χ2v) is 8.16. The van der Waals surface area contributed by atoms with Crippen molar-refractivity contribution < 1.29 is 14.4 Å². The maximum absolute atomic E-state index is 13.1. The molecule has 1 N–H and O–H groups in total. The molecule has 1 aliphatic carbocycles. The molecule has 6 nitrogen and oxygen atoms in total. The smallest absolute Gasteiger partial charge is 0.255 e. The molecule has 0 aromatic heterocycles. The van der Waals surface area contributed by atoms with Gasteiger partial charge in [0.2, 0.25) is 5.91 Å². The second kappa shape index (κ2) is 8.33. The number of nitrogens with one attached hydrogen (secondary N) is 1. The van der Waals surface area contributed by atoms with E-state index >= 15 is 0 Å². The highest BCUT2D eigenvalue weighted by Gasteiger charge is 2.36. The lowest BCUT2D eigenvalue weighted by atomic mass is 9.94. The van der Waals surface area contributed by atoms with E-state index in [4.69, 9.17) is 0 Å². The number of rotatable bonds is 6. The Morgan fingerprint density at radius 2 is 1.93 bits per heavy atom. The van der Waals surface area contributed by atoms with Gasteiger partial charge in [0.05, 0.1) is 11.1 Å². The summed E-state index contributed by atoms with van der Waals surface area (Å²) in [5.41, 5.74) is 2.03. The Morgan fingerprint density at radius 3 is 2.68 bits per heavy atom. The van der Waals surface area contributed by atoms with Gasteiger partial charge in [-0.15, -0.1) is 0 Å². The predicted molar refractivity (Wildman–Crippen MR) is 106 cm³/mol. The molecule has 1 saturated carbocycles. The molecule has 4 rings (SSSR count). The maximum atomic E-state index is 13.1. The maximum Gasteiger partial charge on any atom is 0.255 e. The van der Waals surface area contributed by atoms with Gasteiger partial charge in [0.15, 0.2) is 0 Å². The topological polar surface area (TPSA) is 69.7 Å². The number of amides is 3. The summed E-state index contributed by atoms with van der Waals surface area (Å²) in [4.78, 5) is 41.3. The van der Waals surface area contributed by atoms with Crippen molar-refractivity contribution in [3.8, 4) is 0 Å². The molecule has 3 amide bonds. The van der Waals surface area contributed by atoms with E-state index in [0.29, 0.717) is 43.2 Å². The molecule has 0 spiro atoms. The normalized spacial score (nSPS) is 20.0. The summed E-state index contributed by atoms with van der Waals surface area (Å²) in [6, 6.07) is 5.89. The number of nitrogens with zero attached hydrogens (tertiary/aromatic N) is 2. The van der Waals surface area contributed by atoms with Crippen molar-refractivity contribution in [2.75, 3.05) is 19.6 Å². The monoisotopic (exact) mass is 383 g/mol. The van der Waals surface area contributed by atoms with Gasteiger partial charge in [-0.3, -0.25) is 14.4 Å². The first-order valence-electron chi connectivity index (χ1n) is 10.6. The van der Waals surface area contributed by atoms with Crippen LogP contribution in [0.3, 0.4) is 0 Å². The number of hydrogen-bond acceptors (Lipinski definition) is 3. The summed E-state index contributed by atoms with van der Waals surface area (Å²) in [7, 11) is 0. The van der Waals surface area contributed by atoms with Gasteiger partial charge in [-0.2, -0.15) is 0 Å². The molecule has 6 heteroatoms. The van der Waals surface area contributed by atoms with Crippen LogP contribution < -0.4 is 5.32 Å². The van der Waals surface area contributed by atoms with Gasteiger partial charge in [0.1, 0.15) is 0 Å². The highest BCUT2D eigenvalue weighted by Crippen LogP contribution is 2.32. The summed E-state index contributed by atoms with van der Waals surface area (Å²) >= 11 is 0. The van der Waals surface area contributed by atoms with E-state index in [1.165, 1.54) is 19.3 Å². The molecule has 0 atom stereocenters. The van der Waals surface area contributed by atoms with Crippen molar-refractivity contribution in [1.29, 1.82) is 0 Å². The van der Waals surface area contributed by atoms with E-state index in [1.54, 1.807) is 6.07 Å². The lowest BCUT2D eigenvalue weighted by molar-refractivity contribution is -0.127. The van der Waals surface area contributed by atoms with E-state index in [-0.39, 0.29) is 17.7 Å². The van der Waals surface area contributed by atoms with Crippen LogP contribution in [0.1, 0.15) is 77.6 Å². The number of benzene rings is 1. The largest absolute Gasteiger partial charge is 0.352 e. The third kappa shape index (κ3) is 3.77. The first-order valence-corrected chi connectivity index (χ1v) is 10.6. The van der Waals surface area contributed by atoms with Gasteiger partial charge in [0, 0.05) is 38.6 Å². The molecule has 1 saturated heterocycles. The number of carbonyl (C=O) groups excluding carboxylic acids is 3. The van der Waals surface area contributed by atoms with E-state index in [9.17, 15) is 14.4 Å². The average Bonchev–Trinajstić information content (AvgIpc) is 3.28. The van der Waals surface area contributed by atoms with Crippen LogP contribution in [0.2, 0.25) is 0 Å². The Balaban J connectivity index is 1.37. The van der Waals surface area contributed by atoms with Crippen LogP contribution in [-0.2, 0) is 11.3 Å². The van der Waals surface area contributed by atoms with E-state index < -0.39 is 0 Å². The Labute approximate surface area is 166 Å². The van der Waals surface area contributed by atoms with Gasteiger partial charge < -0.3 is 15.1 Å². The molecule has 0 radical (unpaired) electrons. The van der Waals surface area contributed by atoms with Crippen LogP contribution >= 0.6 is 0 Å². The van der Waals surface area contributed by atoms with Gasteiger partial charge >= 0.3 is 0 Å². The van der Waals surface area contributed by atoms with Gasteiger partial charge in [0.25, 0.3) is 11.8 Å². The molecular weight excluding hydrogens is 354 g/mol. The van der Waals surface area contributed by atoms with Gasteiger partial charge in [-0.1, -0.05) is 31.4 Å². The van der Waals surface area contributed by atoms with Crippen LogP contribution in [0.15, 0.2) is 18.2 Å². The highest BCUT2D eigenvalue weighted by atomic mass is 16.2. The van der Waals surface area contributed by atoms with Crippen LogP contribution in [0.4, 0.5) is 0 Å². The minimum atomic E-state index is -0.191. The molecule has 1 aromatic rings. The second-order valence-electron chi connectivity index (χ2n) is 8.16. The molecular formula is C22H29N3O3. The molecule has 0 unspecified atom stereocenters. The predicted octanol–water partition coefficient (Wildman–Crippen LogP) is 2.72.